The molecule has 1 heterocycles. The Morgan fingerprint density at radius 3 is 2.81 bits per heavy atom. The van der Waals surface area contributed by atoms with Gasteiger partial charge in [-0.15, -0.1) is 0 Å². The van der Waals surface area contributed by atoms with E-state index in [0.29, 0.717) is 25.0 Å². The molecule has 1 aromatic rings. The molecule has 0 saturated carbocycles. The number of hydrogen-bond acceptors (Lipinski definition) is 4. The smallest absolute Gasteiger partial charge is 0.185 e. The Morgan fingerprint density at radius 1 is 1.43 bits per heavy atom. The highest BCUT2D eigenvalue weighted by Crippen LogP contribution is 2.37. The normalized spacial score (nSPS) is 22.6. The highest BCUT2D eigenvalue weighted by molar-refractivity contribution is 5.84. The molecule has 0 N–H and O–H groups in total. The van der Waals surface area contributed by atoms with Crippen LogP contribution in [0.2, 0.25) is 0 Å². The van der Waals surface area contributed by atoms with Crippen molar-refractivity contribution in [1.82, 2.24) is 0 Å². The number of hydrogen-bond donors (Lipinski definition) is 0. The maximum Gasteiger partial charge on any atom is 0.185 e. The average Bonchev–Trinajstić information content (AvgIpc) is 2.54. The second-order valence-corrected chi connectivity index (χ2v) is 5.81. The largest absolute Gasteiger partial charge is 0.348 e. The molecule has 1 saturated heterocycles. The molecule has 1 aliphatic rings. The molecule has 0 radical (unpaired) electrons. The zero-order valence-corrected chi connectivity index (χ0v) is 12.8. The van der Waals surface area contributed by atoms with Crippen molar-refractivity contribution in [3.05, 3.63) is 35.4 Å². The first-order valence-electron chi connectivity index (χ1n) is 7.30. The van der Waals surface area contributed by atoms with Gasteiger partial charge in [0.1, 0.15) is 5.78 Å². The van der Waals surface area contributed by atoms with Crippen LogP contribution in [-0.2, 0) is 14.3 Å². The third kappa shape index (κ3) is 3.15. The van der Waals surface area contributed by atoms with Crippen molar-refractivity contribution in [1.29, 1.82) is 5.26 Å². The maximum atomic E-state index is 12.1. The van der Waals surface area contributed by atoms with Crippen LogP contribution in [0.4, 0.5) is 0 Å². The van der Waals surface area contributed by atoms with Gasteiger partial charge in [0.15, 0.2) is 6.29 Å². The molecule has 1 fully saturated rings. The average molecular weight is 287 g/mol. The van der Waals surface area contributed by atoms with Gasteiger partial charge in [0.25, 0.3) is 0 Å². The predicted molar refractivity (Wildman–Crippen MR) is 78.4 cm³/mol. The van der Waals surface area contributed by atoms with E-state index in [1.807, 2.05) is 39.0 Å². The van der Waals surface area contributed by atoms with E-state index < -0.39 is 11.7 Å². The minimum absolute atomic E-state index is 0.182. The lowest BCUT2D eigenvalue weighted by Crippen LogP contribution is -2.43. The van der Waals surface area contributed by atoms with Gasteiger partial charge in [-0.3, -0.25) is 4.79 Å². The number of carbonyl (C=O) groups excluding carboxylic acids is 1. The van der Waals surface area contributed by atoms with Crippen molar-refractivity contribution in [3.8, 4) is 6.07 Å². The molecule has 4 nitrogen and oxygen atoms in total. The van der Waals surface area contributed by atoms with E-state index >= 15 is 0 Å². The standard InChI is InChI=1S/C17H21NO3/c1-4-14(19)17(2,3)15-9-10-20-16(21-15)13-8-6-5-7-12(13)11-18/h5-8,15-16H,4,9-10H2,1-3H3/t15-,16?/m0/s1. The lowest BCUT2D eigenvalue weighted by Gasteiger charge is -2.39. The number of ether oxygens (including phenoxy) is 2. The van der Waals surface area contributed by atoms with Crippen molar-refractivity contribution in [3.63, 3.8) is 0 Å². The number of rotatable bonds is 4. The van der Waals surface area contributed by atoms with Crippen LogP contribution in [0.1, 0.15) is 51.0 Å². The Morgan fingerprint density at radius 2 is 2.14 bits per heavy atom. The molecular formula is C17H21NO3. The maximum absolute atomic E-state index is 12.1. The van der Waals surface area contributed by atoms with Crippen molar-refractivity contribution >= 4 is 5.78 Å². The number of Topliss-reactive ketones (excluding diaryl/α,β-unsaturated/α-hetero) is 1. The first-order chi connectivity index (χ1) is 10.0. The van der Waals surface area contributed by atoms with Gasteiger partial charge in [0.05, 0.1) is 24.3 Å². The number of carbonyl (C=O) groups is 1. The summed E-state index contributed by atoms with van der Waals surface area (Å²) < 4.78 is 11.7. The van der Waals surface area contributed by atoms with Gasteiger partial charge in [-0.1, -0.05) is 39.0 Å². The minimum atomic E-state index is -0.580. The molecule has 112 valence electrons. The lowest BCUT2D eigenvalue weighted by molar-refractivity contribution is -0.238. The van der Waals surface area contributed by atoms with Gasteiger partial charge < -0.3 is 9.47 Å². The minimum Gasteiger partial charge on any atom is -0.348 e. The molecular weight excluding hydrogens is 266 g/mol. The molecule has 21 heavy (non-hydrogen) atoms. The summed E-state index contributed by atoms with van der Waals surface area (Å²) in [5, 5.41) is 9.19. The van der Waals surface area contributed by atoms with Gasteiger partial charge in [-0.25, -0.2) is 0 Å². The summed E-state index contributed by atoms with van der Waals surface area (Å²) in [6, 6.07) is 9.40. The van der Waals surface area contributed by atoms with E-state index in [2.05, 4.69) is 6.07 Å². The van der Waals surface area contributed by atoms with Gasteiger partial charge >= 0.3 is 0 Å². The lowest BCUT2D eigenvalue weighted by atomic mass is 9.79. The molecule has 2 rings (SSSR count). The Kier molecular flexibility index (Phi) is 4.76. The van der Waals surface area contributed by atoms with Gasteiger partial charge in [0.2, 0.25) is 0 Å². The molecule has 1 aromatic carbocycles. The summed E-state index contributed by atoms with van der Waals surface area (Å²) in [5.41, 5.74) is 0.727. The topological polar surface area (TPSA) is 59.3 Å². The fourth-order valence-corrected chi connectivity index (χ4v) is 2.67. The highest BCUT2D eigenvalue weighted by Gasteiger charge is 2.40. The molecule has 0 aromatic heterocycles. The summed E-state index contributed by atoms with van der Waals surface area (Å²) in [7, 11) is 0. The number of nitriles is 1. The summed E-state index contributed by atoms with van der Waals surface area (Å²) in [4.78, 5) is 12.1. The van der Waals surface area contributed by atoms with Crippen LogP contribution in [0.15, 0.2) is 24.3 Å². The second-order valence-electron chi connectivity index (χ2n) is 5.81. The van der Waals surface area contributed by atoms with Crippen LogP contribution in [0, 0.1) is 16.7 Å². The molecule has 0 aliphatic carbocycles. The molecule has 2 atom stereocenters. The van der Waals surface area contributed by atoms with Crippen molar-refractivity contribution in [2.24, 2.45) is 5.41 Å². The van der Waals surface area contributed by atoms with E-state index in [1.54, 1.807) is 6.07 Å². The van der Waals surface area contributed by atoms with Gasteiger partial charge in [0, 0.05) is 17.4 Å². The molecule has 4 heteroatoms. The number of nitrogens with zero attached hydrogens (tertiary/aromatic N) is 1. The van der Waals surface area contributed by atoms with Crippen molar-refractivity contribution in [2.45, 2.75) is 46.0 Å². The zero-order valence-electron chi connectivity index (χ0n) is 12.8. The summed E-state index contributed by atoms with van der Waals surface area (Å²) in [6.07, 6.45) is 0.399. The SMILES string of the molecule is CCC(=O)C(C)(C)[C@@H]1CCOC(c2ccccc2C#N)O1. The number of ketones is 1. The van der Waals surface area contributed by atoms with Crippen LogP contribution in [0.25, 0.3) is 0 Å². The fourth-order valence-electron chi connectivity index (χ4n) is 2.67. The van der Waals surface area contributed by atoms with E-state index in [9.17, 15) is 10.1 Å². The van der Waals surface area contributed by atoms with Crippen molar-refractivity contribution < 1.29 is 14.3 Å². The zero-order chi connectivity index (χ0) is 15.5. The van der Waals surface area contributed by atoms with E-state index in [1.165, 1.54) is 0 Å². The van der Waals surface area contributed by atoms with Crippen LogP contribution >= 0.6 is 0 Å². The third-order valence-electron chi connectivity index (χ3n) is 4.12. The monoisotopic (exact) mass is 287 g/mol. The van der Waals surface area contributed by atoms with Crippen LogP contribution in [0.5, 0.6) is 0 Å². The van der Waals surface area contributed by atoms with Gasteiger partial charge in [-0.2, -0.15) is 5.26 Å². The van der Waals surface area contributed by atoms with Crippen LogP contribution < -0.4 is 0 Å². The Labute approximate surface area is 125 Å². The van der Waals surface area contributed by atoms with E-state index in [-0.39, 0.29) is 11.9 Å². The first kappa shape index (κ1) is 15.7. The van der Waals surface area contributed by atoms with E-state index in [4.69, 9.17) is 9.47 Å². The van der Waals surface area contributed by atoms with E-state index in [0.717, 1.165) is 5.56 Å². The highest BCUT2D eigenvalue weighted by atomic mass is 16.7. The van der Waals surface area contributed by atoms with Gasteiger partial charge in [-0.05, 0) is 12.5 Å². The van der Waals surface area contributed by atoms with Crippen LogP contribution in [-0.4, -0.2) is 18.5 Å². The predicted octanol–water partition coefficient (Wildman–Crippen LogP) is 3.37. The number of benzene rings is 1. The summed E-state index contributed by atoms with van der Waals surface area (Å²) >= 11 is 0. The van der Waals surface area contributed by atoms with Crippen molar-refractivity contribution in [2.75, 3.05) is 6.61 Å². The Balaban J connectivity index is 2.22. The molecule has 1 aliphatic heterocycles. The second kappa shape index (κ2) is 6.38. The quantitative estimate of drug-likeness (QED) is 0.852. The fraction of sp³-hybridized carbons (Fsp3) is 0.529. The summed E-state index contributed by atoms with van der Waals surface area (Å²) in [6.45, 7) is 6.23. The Hall–Kier alpha value is -1.70. The Bertz CT molecular complexity index is 559. The molecule has 0 spiro atoms. The molecule has 0 amide bonds. The summed E-state index contributed by atoms with van der Waals surface area (Å²) in [5.74, 6) is 0.182. The third-order valence-corrected chi connectivity index (χ3v) is 4.12. The molecule has 1 unspecified atom stereocenters. The molecule has 0 bridgehead atoms. The first-order valence-corrected chi connectivity index (χ1v) is 7.30. The van der Waals surface area contributed by atoms with Crippen LogP contribution in [0.3, 0.4) is 0 Å².